The Kier molecular flexibility index (Phi) is 10.5. The Balaban J connectivity index is 1.51. The Labute approximate surface area is 248 Å². The Morgan fingerprint density at radius 2 is 1.21 bits per heavy atom. The van der Waals surface area contributed by atoms with Crippen molar-refractivity contribution in [1.29, 1.82) is 0 Å². The van der Waals surface area contributed by atoms with Crippen LogP contribution in [-0.4, -0.2) is 43.3 Å². The first kappa shape index (κ1) is 31.3. The van der Waals surface area contributed by atoms with Gasteiger partial charge in [0.2, 0.25) is 11.6 Å². The number of fused-ring (bicyclic) bond motifs is 1. The molecule has 0 aliphatic carbocycles. The van der Waals surface area contributed by atoms with E-state index in [4.69, 9.17) is 0 Å². The van der Waals surface area contributed by atoms with E-state index in [1.54, 1.807) is 12.1 Å². The SMILES string of the molecule is CCCCCCCCCCCCCCC(CC)C1C(=O)NC(=O)C1(N1C(=O)c2ccccc2C1=O)n1c(O)ccc1O. The van der Waals surface area contributed by atoms with E-state index in [2.05, 4.69) is 12.2 Å². The van der Waals surface area contributed by atoms with Gasteiger partial charge in [0.05, 0.1) is 17.0 Å². The second-order valence-electron chi connectivity index (χ2n) is 11.7. The summed E-state index contributed by atoms with van der Waals surface area (Å²) in [5.74, 6) is -5.72. The van der Waals surface area contributed by atoms with Crippen molar-refractivity contribution < 1.29 is 29.4 Å². The maximum atomic E-state index is 13.8. The van der Waals surface area contributed by atoms with Crippen molar-refractivity contribution in [3.05, 3.63) is 47.5 Å². The van der Waals surface area contributed by atoms with Crippen molar-refractivity contribution in [2.45, 2.75) is 109 Å². The molecule has 1 fully saturated rings. The molecule has 1 aromatic heterocycles. The van der Waals surface area contributed by atoms with E-state index in [1.165, 1.54) is 75.6 Å². The lowest BCUT2D eigenvalue weighted by Crippen LogP contribution is -2.62. The number of benzene rings is 1. The third-order valence-corrected chi connectivity index (χ3v) is 9.03. The molecule has 4 amide bonds. The van der Waals surface area contributed by atoms with Gasteiger partial charge in [0.1, 0.15) is 0 Å². The first-order valence-corrected chi connectivity index (χ1v) is 15.7. The summed E-state index contributed by atoms with van der Waals surface area (Å²) < 4.78 is 0.866. The number of nitrogens with one attached hydrogen (secondary N) is 1. The predicted molar refractivity (Wildman–Crippen MR) is 159 cm³/mol. The standard InChI is InChI=1S/C33H45N3O6/c1-3-5-6-7-8-9-10-11-12-13-14-15-18-23(4-2)28-29(39)34-32(42)33(28,35-26(37)21-22-27(35)38)36-30(40)24-19-16-17-20-25(24)31(36)41/h16-17,19-23,28,37-38H,3-15,18H2,1-2H3,(H,34,39,42). The fourth-order valence-electron chi connectivity index (χ4n) is 6.85. The number of nitrogens with zero attached hydrogens (tertiary/aromatic N) is 2. The molecule has 42 heavy (non-hydrogen) atoms. The zero-order chi connectivity index (χ0) is 30.3. The van der Waals surface area contributed by atoms with Crippen molar-refractivity contribution in [3.63, 3.8) is 0 Å². The van der Waals surface area contributed by atoms with Crippen LogP contribution >= 0.6 is 0 Å². The van der Waals surface area contributed by atoms with Gasteiger partial charge in [-0.15, -0.1) is 0 Å². The highest BCUT2D eigenvalue weighted by molar-refractivity contribution is 6.25. The molecule has 9 heteroatoms. The lowest BCUT2D eigenvalue weighted by molar-refractivity contribution is -0.138. The van der Waals surface area contributed by atoms with Crippen LogP contribution in [0, 0.1) is 11.8 Å². The summed E-state index contributed by atoms with van der Waals surface area (Å²) in [4.78, 5) is 55.6. The zero-order valence-corrected chi connectivity index (χ0v) is 24.9. The molecule has 1 aromatic carbocycles. The van der Waals surface area contributed by atoms with E-state index in [0.717, 1.165) is 35.2 Å². The van der Waals surface area contributed by atoms with Gasteiger partial charge in [0, 0.05) is 12.1 Å². The van der Waals surface area contributed by atoms with Crippen molar-refractivity contribution in [2.24, 2.45) is 11.8 Å². The topological polar surface area (TPSA) is 129 Å². The quantitative estimate of drug-likeness (QED) is 0.150. The van der Waals surface area contributed by atoms with Gasteiger partial charge in [-0.1, -0.05) is 109 Å². The van der Waals surface area contributed by atoms with Gasteiger partial charge < -0.3 is 10.2 Å². The Hall–Kier alpha value is -3.62. The number of rotatable bonds is 17. The zero-order valence-electron chi connectivity index (χ0n) is 24.9. The van der Waals surface area contributed by atoms with E-state index in [-0.39, 0.29) is 11.1 Å². The second-order valence-corrected chi connectivity index (χ2v) is 11.7. The summed E-state index contributed by atoms with van der Waals surface area (Å²) in [5, 5.41) is 24.0. The van der Waals surface area contributed by atoms with Gasteiger partial charge in [-0.05, 0) is 24.5 Å². The fraction of sp³-hybridized carbons (Fsp3) is 0.576. The molecule has 3 heterocycles. The normalized spacial score (nSPS) is 20.8. The molecule has 3 atom stereocenters. The minimum Gasteiger partial charge on any atom is -0.494 e. The first-order valence-electron chi connectivity index (χ1n) is 15.7. The predicted octanol–water partition coefficient (Wildman–Crippen LogP) is 6.24. The minimum absolute atomic E-state index is 0.105. The van der Waals surface area contributed by atoms with Crippen LogP contribution in [0.3, 0.4) is 0 Å². The largest absolute Gasteiger partial charge is 0.494 e. The van der Waals surface area contributed by atoms with Crippen LogP contribution in [-0.2, 0) is 15.3 Å². The average molecular weight is 580 g/mol. The number of aromatic nitrogens is 1. The summed E-state index contributed by atoms with van der Waals surface area (Å²) in [6.07, 6.45) is 15.4. The molecule has 3 unspecified atom stereocenters. The van der Waals surface area contributed by atoms with E-state index in [1.807, 2.05) is 6.92 Å². The molecule has 1 saturated heterocycles. The third-order valence-electron chi connectivity index (χ3n) is 9.03. The van der Waals surface area contributed by atoms with E-state index < -0.39 is 52.9 Å². The second kappa shape index (κ2) is 14.0. The van der Waals surface area contributed by atoms with Gasteiger partial charge in [-0.2, -0.15) is 0 Å². The van der Waals surface area contributed by atoms with Gasteiger partial charge in [0.25, 0.3) is 17.7 Å². The molecule has 4 rings (SSSR count). The van der Waals surface area contributed by atoms with E-state index in [9.17, 15) is 29.4 Å². The lowest BCUT2D eigenvalue weighted by Gasteiger charge is -2.42. The summed E-state index contributed by atoms with van der Waals surface area (Å²) in [6.45, 7) is 4.14. The molecule has 0 saturated carbocycles. The summed E-state index contributed by atoms with van der Waals surface area (Å²) in [5.41, 5.74) is -2.08. The summed E-state index contributed by atoms with van der Waals surface area (Å²) in [7, 11) is 0. The average Bonchev–Trinajstić information content (AvgIpc) is 3.54. The number of hydrogen-bond donors (Lipinski definition) is 3. The van der Waals surface area contributed by atoms with Crippen molar-refractivity contribution in [2.75, 3.05) is 0 Å². The van der Waals surface area contributed by atoms with Crippen molar-refractivity contribution in [3.8, 4) is 11.8 Å². The van der Waals surface area contributed by atoms with Crippen molar-refractivity contribution >= 4 is 23.6 Å². The molecule has 0 bridgehead atoms. The van der Waals surface area contributed by atoms with Crippen LogP contribution in [0.1, 0.15) is 124 Å². The van der Waals surface area contributed by atoms with E-state index in [0.29, 0.717) is 12.8 Å². The summed E-state index contributed by atoms with van der Waals surface area (Å²) in [6, 6.07) is 8.57. The highest BCUT2D eigenvalue weighted by atomic mass is 16.3. The van der Waals surface area contributed by atoms with Crippen LogP contribution in [0.4, 0.5) is 0 Å². The first-order chi connectivity index (χ1) is 20.3. The van der Waals surface area contributed by atoms with Crippen LogP contribution in [0.5, 0.6) is 11.8 Å². The highest BCUT2D eigenvalue weighted by Gasteiger charge is 2.68. The lowest BCUT2D eigenvalue weighted by atomic mass is 9.77. The summed E-state index contributed by atoms with van der Waals surface area (Å²) >= 11 is 0. The minimum atomic E-state index is -2.29. The number of imide groups is 2. The van der Waals surface area contributed by atoms with Crippen LogP contribution in [0.25, 0.3) is 0 Å². The number of amides is 4. The molecule has 2 aliphatic heterocycles. The maximum Gasteiger partial charge on any atom is 0.275 e. The highest BCUT2D eigenvalue weighted by Crippen LogP contribution is 2.49. The number of carbonyl (C=O) groups is 4. The molecule has 228 valence electrons. The number of hydrogen-bond acceptors (Lipinski definition) is 6. The van der Waals surface area contributed by atoms with Gasteiger partial charge in [0.15, 0.2) is 11.8 Å². The van der Waals surface area contributed by atoms with Crippen LogP contribution < -0.4 is 5.32 Å². The Morgan fingerprint density at radius 3 is 1.69 bits per heavy atom. The smallest absolute Gasteiger partial charge is 0.275 e. The van der Waals surface area contributed by atoms with Crippen molar-refractivity contribution in [1.82, 2.24) is 14.8 Å². The number of unbranched alkanes of at least 4 members (excludes halogenated alkanes) is 11. The van der Waals surface area contributed by atoms with Crippen LogP contribution in [0.15, 0.2) is 36.4 Å². The maximum absolute atomic E-state index is 13.8. The number of aromatic hydroxyl groups is 2. The van der Waals surface area contributed by atoms with Gasteiger partial charge in [-0.3, -0.25) is 24.5 Å². The monoisotopic (exact) mass is 579 g/mol. The molecule has 9 nitrogen and oxygen atoms in total. The molecule has 0 radical (unpaired) electrons. The molecular formula is C33H45N3O6. The Morgan fingerprint density at radius 1 is 0.738 bits per heavy atom. The third kappa shape index (κ3) is 5.83. The molecule has 0 spiro atoms. The fourth-order valence-corrected chi connectivity index (χ4v) is 6.85. The molecule has 2 aromatic rings. The van der Waals surface area contributed by atoms with E-state index >= 15 is 0 Å². The Bertz CT molecular complexity index is 1230. The van der Waals surface area contributed by atoms with Gasteiger partial charge >= 0.3 is 0 Å². The van der Waals surface area contributed by atoms with Crippen LogP contribution in [0.2, 0.25) is 0 Å². The van der Waals surface area contributed by atoms with Gasteiger partial charge in [-0.25, -0.2) is 9.47 Å². The molecule has 2 aliphatic rings. The molecular weight excluding hydrogens is 534 g/mol. The molecule has 3 N–H and O–H groups in total. The number of carbonyl (C=O) groups excluding carboxylic acids is 4.